The van der Waals surface area contributed by atoms with Crippen molar-refractivity contribution in [1.29, 1.82) is 0 Å². The Bertz CT molecular complexity index is 495. The van der Waals surface area contributed by atoms with Gasteiger partial charge in [0.05, 0.1) is 17.3 Å². The summed E-state index contributed by atoms with van der Waals surface area (Å²) >= 11 is 0. The molecular formula is C14H22N4O. The van der Waals surface area contributed by atoms with Crippen LogP contribution in [0.1, 0.15) is 26.7 Å². The molecule has 2 aliphatic rings. The Morgan fingerprint density at radius 2 is 2.05 bits per heavy atom. The van der Waals surface area contributed by atoms with E-state index in [1.54, 1.807) is 10.9 Å². The molecule has 0 bridgehead atoms. The SMILES string of the molecule is CC(C)N1CCC2(CCN(c3cnn(C)c3)C2=O)C1. The standard InChI is InChI=1S/C14H22N4O/c1-11(2)17-6-4-14(10-17)5-7-18(13(14)19)12-8-15-16(3)9-12/h8-9,11H,4-7,10H2,1-3H3. The van der Waals surface area contributed by atoms with Gasteiger partial charge in [-0.2, -0.15) is 5.10 Å². The number of rotatable bonds is 2. The molecule has 2 fully saturated rings. The van der Waals surface area contributed by atoms with Gasteiger partial charge in [-0.1, -0.05) is 0 Å². The van der Waals surface area contributed by atoms with E-state index in [2.05, 4.69) is 23.8 Å². The fourth-order valence-electron chi connectivity index (χ4n) is 3.34. The van der Waals surface area contributed by atoms with Crippen LogP contribution in [0.15, 0.2) is 12.4 Å². The summed E-state index contributed by atoms with van der Waals surface area (Å²) in [5, 5.41) is 4.17. The van der Waals surface area contributed by atoms with E-state index in [-0.39, 0.29) is 5.41 Å². The lowest BCUT2D eigenvalue weighted by Gasteiger charge is -2.25. The van der Waals surface area contributed by atoms with E-state index in [4.69, 9.17) is 0 Å². The summed E-state index contributed by atoms with van der Waals surface area (Å²) in [7, 11) is 1.88. The highest BCUT2D eigenvalue weighted by molar-refractivity contribution is 6.00. The Morgan fingerprint density at radius 1 is 1.32 bits per heavy atom. The fraction of sp³-hybridized carbons (Fsp3) is 0.714. The first-order valence-electron chi connectivity index (χ1n) is 7.06. The van der Waals surface area contributed by atoms with E-state index in [0.29, 0.717) is 11.9 Å². The molecule has 3 heterocycles. The summed E-state index contributed by atoms with van der Waals surface area (Å²) in [5.41, 5.74) is 0.799. The van der Waals surface area contributed by atoms with Crippen molar-refractivity contribution in [1.82, 2.24) is 14.7 Å². The average Bonchev–Trinajstić information content (AvgIpc) is 3.03. The zero-order valence-electron chi connectivity index (χ0n) is 12.0. The molecule has 1 aromatic heterocycles. The molecule has 0 saturated carbocycles. The van der Waals surface area contributed by atoms with Gasteiger partial charge in [0.25, 0.3) is 0 Å². The van der Waals surface area contributed by atoms with Crippen molar-refractivity contribution in [2.75, 3.05) is 24.5 Å². The molecule has 3 rings (SSSR count). The first-order valence-corrected chi connectivity index (χ1v) is 7.06. The van der Waals surface area contributed by atoms with Gasteiger partial charge < -0.3 is 4.90 Å². The van der Waals surface area contributed by atoms with E-state index in [0.717, 1.165) is 38.2 Å². The van der Waals surface area contributed by atoms with Crippen LogP contribution in [0.25, 0.3) is 0 Å². The molecule has 19 heavy (non-hydrogen) atoms. The topological polar surface area (TPSA) is 41.4 Å². The molecule has 1 atom stereocenters. The van der Waals surface area contributed by atoms with E-state index < -0.39 is 0 Å². The number of carbonyl (C=O) groups is 1. The lowest BCUT2D eigenvalue weighted by Crippen LogP contribution is -2.38. The van der Waals surface area contributed by atoms with Gasteiger partial charge in [-0.15, -0.1) is 0 Å². The second-order valence-corrected chi connectivity index (χ2v) is 6.17. The van der Waals surface area contributed by atoms with Crippen molar-refractivity contribution in [3.05, 3.63) is 12.4 Å². The Kier molecular flexibility index (Phi) is 2.89. The number of carbonyl (C=O) groups excluding carboxylic acids is 1. The number of aryl methyl sites for hydroxylation is 1. The summed E-state index contributed by atoms with van der Waals surface area (Å²) in [6.45, 7) is 7.20. The minimum absolute atomic E-state index is 0.139. The van der Waals surface area contributed by atoms with Crippen LogP contribution in [0.4, 0.5) is 5.69 Å². The number of hydrogen-bond donors (Lipinski definition) is 0. The second kappa shape index (κ2) is 4.34. The molecule has 2 saturated heterocycles. The number of aromatic nitrogens is 2. The summed E-state index contributed by atoms with van der Waals surface area (Å²) in [5.74, 6) is 0.295. The van der Waals surface area contributed by atoms with E-state index >= 15 is 0 Å². The first kappa shape index (κ1) is 12.7. The predicted molar refractivity (Wildman–Crippen MR) is 73.9 cm³/mol. The van der Waals surface area contributed by atoms with Crippen molar-refractivity contribution in [3.8, 4) is 0 Å². The summed E-state index contributed by atoms with van der Waals surface area (Å²) in [6.07, 6.45) is 5.68. The maximum atomic E-state index is 12.8. The van der Waals surface area contributed by atoms with Gasteiger partial charge in [0, 0.05) is 32.4 Å². The number of anilines is 1. The van der Waals surface area contributed by atoms with Gasteiger partial charge in [0.2, 0.25) is 5.91 Å². The van der Waals surface area contributed by atoms with Crippen molar-refractivity contribution in [2.24, 2.45) is 12.5 Å². The van der Waals surface area contributed by atoms with Crippen LogP contribution in [0.5, 0.6) is 0 Å². The van der Waals surface area contributed by atoms with Gasteiger partial charge in [0.15, 0.2) is 0 Å². The molecule has 0 radical (unpaired) electrons. The lowest BCUT2D eigenvalue weighted by atomic mass is 9.85. The Morgan fingerprint density at radius 3 is 2.63 bits per heavy atom. The van der Waals surface area contributed by atoms with Crippen LogP contribution in [-0.2, 0) is 11.8 Å². The third-order valence-corrected chi connectivity index (χ3v) is 4.63. The molecule has 2 aliphatic heterocycles. The molecule has 1 aromatic rings. The van der Waals surface area contributed by atoms with Gasteiger partial charge in [-0.25, -0.2) is 0 Å². The predicted octanol–water partition coefficient (Wildman–Crippen LogP) is 1.26. The molecular weight excluding hydrogens is 240 g/mol. The Hall–Kier alpha value is -1.36. The quantitative estimate of drug-likeness (QED) is 0.805. The van der Waals surface area contributed by atoms with Crippen molar-refractivity contribution >= 4 is 11.6 Å². The van der Waals surface area contributed by atoms with Crippen LogP contribution < -0.4 is 4.90 Å². The monoisotopic (exact) mass is 262 g/mol. The van der Waals surface area contributed by atoms with Gasteiger partial charge in [-0.05, 0) is 33.2 Å². The molecule has 5 nitrogen and oxygen atoms in total. The highest BCUT2D eigenvalue weighted by atomic mass is 16.2. The zero-order valence-corrected chi connectivity index (χ0v) is 12.0. The van der Waals surface area contributed by atoms with Crippen LogP contribution >= 0.6 is 0 Å². The summed E-state index contributed by atoms with van der Waals surface area (Å²) < 4.78 is 1.75. The van der Waals surface area contributed by atoms with Crippen molar-refractivity contribution < 1.29 is 4.79 Å². The second-order valence-electron chi connectivity index (χ2n) is 6.17. The molecule has 0 aliphatic carbocycles. The minimum atomic E-state index is -0.139. The molecule has 0 N–H and O–H groups in total. The van der Waals surface area contributed by atoms with Crippen molar-refractivity contribution in [3.63, 3.8) is 0 Å². The van der Waals surface area contributed by atoms with Gasteiger partial charge in [0.1, 0.15) is 0 Å². The first-order chi connectivity index (χ1) is 9.02. The molecule has 5 heteroatoms. The van der Waals surface area contributed by atoms with Gasteiger partial charge >= 0.3 is 0 Å². The molecule has 1 unspecified atom stereocenters. The Balaban J connectivity index is 1.79. The summed E-state index contributed by atoms with van der Waals surface area (Å²) in [4.78, 5) is 17.1. The van der Waals surface area contributed by atoms with E-state index in [1.165, 1.54) is 0 Å². The maximum Gasteiger partial charge on any atom is 0.234 e. The number of amides is 1. The van der Waals surface area contributed by atoms with Crippen molar-refractivity contribution in [2.45, 2.75) is 32.7 Å². The smallest absolute Gasteiger partial charge is 0.234 e. The van der Waals surface area contributed by atoms with E-state index in [1.807, 2.05) is 18.1 Å². The third-order valence-electron chi connectivity index (χ3n) is 4.63. The normalized spacial score (nSPS) is 28.2. The molecule has 0 aromatic carbocycles. The van der Waals surface area contributed by atoms with Crippen LogP contribution in [0, 0.1) is 5.41 Å². The largest absolute Gasteiger partial charge is 0.309 e. The zero-order chi connectivity index (χ0) is 13.6. The highest BCUT2D eigenvalue weighted by Crippen LogP contribution is 2.42. The van der Waals surface area contributed by atoms with Gasteiger partial charge in [-0.3, -0.25) is 14.4 Å². The highest BCUT2D eigenvalue weighted by Gasteiger charge is 2.51. The lowest BCUT2D eigenvalue weighted by molar-refractivity contribution is -0.125. The van der Waals surface area contributed by atoms with E-state index in [9.17, 15) is 4.79 Å². The number of nitrogens with zero attached hydrogens (tertiary/aromatic N) is 4. The third kappa shape index (κ3) is 1.96. The number of likely N-dealkylation sites (tertiary alicyclic amines) is 1. The number of hydrogen-bond acceptors (Lipinski definition) is 3. The molecule has 104 valence electrons. The average molecular weight is 262 g/mol. The van der Waals surface area contributed by atoms with Crippen LogP contribution in [-0.4, -0.2) is 46.3 Å². The molecule has 1 amide bonds. The van der Waals surface area contributed by atoms with Crippen LogP contribution in [0.3, 0.4) is 0 Å². The Labute approximate surface area is 114 Å². The molecule has 1 spiro atoms. The van der Waals surface area contributed by atoms with Crippen LogP contribution in [0.2, 0.25) is 0 Å². The summed E-state index contributed by atoms with van der Waals surface area (Å²) in [6, 6.07) is 0.527. The minimum Gasteiger partial charge on any atom is -0.309 e. The fourth-order valence-corrected chi connectivity index (χ4v) is 3.34. The maximum absolute atomic E-state index is 12.8.